The van der Waals surface area contributed by atoms with Gasteiger partial charge in [0.1, 0.15) is 11.6 Å². The fourth-order valence-corrected chi connectivity index (χ4v) is 6.32. The first-order valence-corrected chi connectivity index (χ1v) is 14.0. The van der Waals surface area contributed by atoms with E-state index in [1.165, 1.54) is 29.3 Å². The maximum atomic E-state index is 13.2. The molecule has 0 saturated heterocycles. The zero-order valence-corrected chi connectivity index (χ0v) is 22.8. The number of hydrogen-bond donors (Lipinski definition) is 2. The number of Topliss-reactive ketones (excluding diaryl/α,β-unsaturated/α-hetero) is 1. The number of rotatable bonds is 6. The molecule has 1 amide bonds. The molecule has 1 atom stereocenters. The Bertz CT molecular complexity index is 1510. The molecule has 2 aromatic heterocycles. The zero-order chi connectivity index (χ0) is 26.8. The first kappa shape index (κ1) is 26.2. The Morgan fingerprint density at radius 1 is 1.18 bits per heavy atom. The summed E-state index contributed by atoms with van der Waals surface area (Å²) in [5.41, 5.74) is 8.87. The maximum Gasteiger partial charge on any atom is 0.235 e. The molecular formula is C25H19Cl2N7O2S2. The number of allylic oxidation sites excluding steroid dienone is 3. The predicted molar refractivity (Wildman–Crippen MR) is 148 cm³/mol. The summed E-state index contributed by atoms with van der Waals surface area (Å²) in [5.74, 6) is -0.186. The van der Waals surface area contributed by atoms with Crippen LogP contribution in [0.3, 0.4) is 0 Å². The van der Waals surface area contributed by atoms with Gasteiger partial charge < -0.3 is 11.1 Å². The van der Waals surface area contributed by atoms with Crippen molar-refractivity contribution in [3.05, 3.63) is 80.9 Å². The Balaban J connectivity index is 1.41. The van der Waals surface area contributed by atoms with E-state index in [1.54, 1.807) is 29.2 Å². The third kappa shape index (κ3) is 5.26. The van der Waals surface area contributed by atoms with Crippen LogP contribution in [0, 0.1) is 11.3 Å². The molecule has 0 spiro atoms. The molecule has 1 unspecified atom stereocenters. The second-order valence-corrected chi connectivity index (χ2v) is 11.5. The largest absolute Gasteiger partial charge is 0.384 e. The molecule has 38 heavy (non-hydrogen) atoms. The monoisotopic (exact) mass is 583 g/mol. The lowest BCUT2D eigenvalue weighted by atomic mass is 9.76. The van der Waals surface area contributed by atoms with Crippen LogP contribution >= 0.6 is 46.3 Å². The van der Waals surface area contributed by atoms with Gasteiger partial charge in [-0.15, -0.1) is 10.2 Å². The Hall–Kier alpha value is -3.43. The van der Waals surface area contributed by atoms with Crippen molar-refractivity contribution in [2.24, 2.45) is 5.73 Å². The van der Waals surface area contributed by atoms with Crippen LogP contribution in [0.5, 0.6) is 0 Å². The lowest BCUT2D eigenvalue weighted by Crippen LogP contribution is -2.38. The molecule has 5 rings (SSSR count). The van der Waals surface area contributed by atoms with Crippen LogP contribution in [0.15, 0.2) is 69.6 Å². The summed E-state index contributed by atoms with van der Waals surface area (Å²) in [6.45, 7) is 0. The van der Waals surface area contributed by atoms with E-state index >= 15 is 0 Å². The van der Waals surface area contributed by atoms with Crippen LogP contribution in [0.1, 0.15) is 30.7 Å². The van der Waals surface area contributed by atoms with Gasteiger partial charge in [-0.1, -0.05) is 58.4 Å². The highest BCUT2D eigenvalue weighted by Gasteiger charge is 2.41. The van der Waals surface area contributed by atoms with Crippen LogP contribution in [0.4, 0.5) is 10.9 Å². The van der Waals surface area contributed by atoms with Gasteiger partial charge in [-0.25, -0.2) is 4.98 Å². The van der Waals surface area contributed by atoms with Crippen LogP contribution in [-0.4, -0.2) is 32.6 Å². The fourth-order valence-electron chi connectivity index (χ4n) is 4.40. The van der Waals surface area contributed by atoms with Gasteiger partial charge in [-0.3, -0.25) is 14.5 Å². The SMILES string of the molecule is N#CC1=C(N)N(c2nnc(SCC(=O)Nc3ccc(Cl)cn3)s2)C2=C(C(=O)CCC2)C1c1ccc(Cl)cc1. The minimum absolute atomic E-state index is 0.0250. The zero-order valence-electron chi connectivity index (χ0n) is 19.6. The number of benzene rings is 1. The third-order valence-corrected chi connectivity index (χ3v) is 8.54. The molecule has 3 aromatic rings. The molecule has 1 aliphatic carbocycles. The first-order valence-electron chi connectivity index (χ1n) is 11.4. The fraction of sp³-hybridized carbons (Fsp3) is 0.200. The quantitative estimate of drug-likeness (QED) is 0.371. The van der Waals surface area contributed by atoms with Crippen LogP contribution in [0.25, 0.3) is 0 Å². The van der Waals surface area contributed by atoms with Crippen molar-refractivity contribution in [2.75, 3.05) is 16.0 Å². The van der Waals surface area contributed by atoms with Crippen molar-refractivity contribution in [2.45, 2.75) is 29.5 Å². The molecule has 1 aliphatic heterocycles. The van der Waals surface area contributed by atoms with E-state index in [0.717, 1.165) is 11.3 Å². The Morgan fingerprint density at radius 2 is 1.95 bits per heavy atom. The predicted octanol–water partition coefficient (Wildman–Crippen LogP) is 5.28. The summed E-state index contributed by atoms with van der Waals surface area (Å²) in [5, 5.41) is 22.7. The number of anilines is 2. The Morgan fingerprint density at radius 3 is 2.66 bits per heavy atom. The topological polar surface area (TPSA) is 138 Å². The number of aromatic nitrogens is 3. The number of amides is 1. The molecule has 0 fully saturated rings. The highest BCUT2D eigenvalue weighted by molar-refractivity contribution is 8.01. The molecule has 192 valence electrons. The minimum Gasteiger partial charge on any atom is -0.384 e. The highest BCUT2D eigenvalue weighted by Crippen LogP contribution is 2.47. The third-order valence-electron chi connectivity index (χ3n) is 6.03. The number of nitriles is 1. The minimum atomic E-state index is -0.580. The van der Waals surface area contributed by atoms with E-state index in [-0.39, 0.29) is 28.8 Å². The number of carbonyl (C=O) groups is 2. The van der Waals surface area contributed by atoms with E-state index in [4.69, 9.17) is 28.9 Å². The summed E-state index contributed by atoms with van der Waals surface area (Å²) in [7, 11) is 0. The Labute approximate surface area is 236 Å². The number of carbonyl (C=O) groups excluding carboxylic acids is 2. The smallest absolute Gasteiger partial charge is 0.235 e. The van der Waals surface area contributed by atoms with Crippen molar-refractivity contribution in [3.8, 4) is 6.07 Å². The van der Waals surface area contributed by atoms with Crippen molar-refractivity contribution in [1.82, 2.24) is 15.2 Å². The van der Waals surface area contributed by atoms with Crippen LogP contribution in [-0.2, 0) is 9.59 Å². The summed E-state index contributed by atoms with van der Waals surface area (Å²) in [6.07, 6.45) is 3.10. The Kier molecular flexibility index (Phi) is 7.67. The van der Waals surface area contributed by atoms with Crippen LogP contribution in [0.2, 0.25) is 10.0 Å². The number of halogens is 2. The number of nitrogens with one attached hydrogen (secondary N) is 1. The van der Waals surface area contributed by atoms with Gasteiger partial charge in [0.2, 0.25) is 11.0 Å². The van der Waals surface area contributed by atoms with E-state index in [9.17, 15) is 14.9 Å². The lowest BCUT2D eigenvalue weighted by molar-refractivity contribution is -0.116. The van der Waals surface area contributed by atoms with E-state index in [2.05, 4.69) is 26.6 Å². The molecule has 0 bridgehead atoms. The average molecular weight is 585 g/mol. The van der Waals surface area contributed by atoms with E-state index < -0.39 is 5.92 Å². The average Bonchev–Trinajstić information content (AvgIpc) is 3.37. The van der Waals surface area contributed by atoms with Gasteiger partial charge in [0.05, 0.1) is 28.3 Å². The summed E-state index contributed by atoms with van der Waals surface area (Å²) in [4.78, 5) is 31.3. The standard InChI is InChI=1S/C25H19Cl2N7O2S2/c26-14-6-4-13(5-7-14)21-16(10-28)23(29)34(17-2-1-3-18(35)22(17)21)24-32-33-25(38-24)37-12-20(36)31-19-9-8-15(27)11-30-19/h4-9,11,21H,1-3,12,29H2,(H,30,31,36). The summed E-state index contributed by atoms with van der Waals surface area (Å²) in [6, 6.07) is 12.6. The molecule has 9 nitrogen and oxygen atoms in total. The number of nitrogens with two attached hydrogens (primary N) is 1. The van der Waals surface area contributed by atoms with Gasteiger partial charge in [-0.05, 0) is 42.7 Å². The number of thioether (sulfide) groups is 1. The van der Waals surface area contributed by atoms with Crippen molar-refractivity contribution in [3.63, 3.8) is 0 Å². The molecule has 3 N–H and O–H groups in total. The number of nitrogens with zero attached hydrogens (tertiary/aromatic N) is 5. The number of hydrogen-bond acceptors (Lipinski definition) is 10. The second kappa shape index (κ2) is 11.1. The van der Waals surface area contributed by atoms with Gasteiger partial charge in [0, 0.05) is 28.9 Å². The lowest BCUT2D eigenvalue weighted by Gasteiger charge is -2.38. The van der Waals surface area contributed by atoms with E-state index in [0.29, 0.717) is 50.2 Å². The van der Waals surface area contributed by atoms with Gasteiger partial charge in [0.15, 0.2) is 10.1 Å². The van der Waals surface area contributed by atoms with Gasteiger partial charge >= 0.3 is 0 Å². The molecule has 1 aromatic carbocycles. The van der Waals surface area contributed by atoms with Crippen molar-refractivity contribution < 1.29 is 9.59 Å². The molecule has 0 radical (unpaired) electrons. The molecule has 3 heterocycles. The normalized spacial score (nSPS) is 17.3. The van der Waals surface area contributed by atoms with Gasteiger partial charge in [-0.2, -0.15) is 5.26 Å². The maximum absolute atomic E-state index is 13.2. The number of ketones is 1. The highest BCUT2D eigenvalue weighted by atomic mass is 35.5. The molecule has 0 saturated carbocycles. The summed E-state index contributed by atoms with van der Waals surface area (Å²) >= 11 is 14.3. The van der Waals surface area contributed by atoms with Crippen LogP contribution < -0.4 is 16.0 Å². The van der Waals surface area contributed by atoms with Crippen molar-refractivity contribution in [1.29, 1.82) is 5.26 Å². The summed E-state index contributed by atoms with van der Waals surface area (Å²) < 4.78 is 0.537. The molecule has 2 aliphatic rings. The van der Waals surface area contributed by atoms with Crippen molar-refractivity contribution >= 4 is 68.9 Å². The molecule has 13 heteroatoms. The second-order valence-electron chi connectivity index (χ2n) is 8.42. The first-order chi connectivity index (χ1) is 18.4. The molecular weight excluding hydrogens is 565 g/mol. The van der Waals surface area contributed by atoms with E-state index in [1.807, 2.05) is 12.1 Å². The van der Waals surface area contributed by atoms with Gasteiger partial charge in [0.25, 0.3) is 0 Å². The number of pyridine rings is 1.